The Balaban J connectivity index is 1.41. The van der Waals surface area contributed by atoms with E-state index in [0.29, 0.717) is 5.41 Å². The van der Waals surface area contributed by atoms with Crippen molar-refractivity contribution < 1.29 is 4.79 Å². The molecule has 0 spiro atoms. The zero-order valence-electron chi connectivity index (χ0n) is 13.4. The van der Waals surface area contributed by atoms with Gasteiger partial charge >= 0.3 is 0 Å². The lowest BCUT2D eigenvalue weighted by Gasteiger charge is -2.57. The van der Waals surface area contributed by atoms with Gasteiger partial charge in [-0.05, 0) is 87.5 Å². The van der Waals surface area contributed by atoms with Crippen LogP contribution in [0.2, 0.25) is 0 Å². The first-order valence-electron chi connectivity index (χ1n) is 9.16. The lowest BCUT2D eigenvalue weighted by atomic mass is 9.49. The molecule has 4 saturated carbocycles. The standard InChI is InChI=1S/C18H30N2O/c1-2-18(4-3-5-20-18)16(21)19-12-17-9-13-6-14(10-17)8-15(7-13)11-17/h13-15,20H,2-12H2,1H3,(H,19,21). The van der Waals surface area contributed by atoms with Crippen molar-refractivity contribution in [1.29, 1.82) is 0 Å². The Labute approximate surface area is 128 Å². The van der Waals surface area contributed by atoms with Crippen molar-refractivity contribution >= 4 is 5.91 Å². The first kappa shape index (κ1) is 14.0. The van der Waals surface area contributed by atoms with Gasteiger partial charge in [0, 0.05) is 6.54 Å². The summed E-state index contributed by atoms with van der Waals surface area (Å²) >= 11 is 0. The fraction of sp³-hybridized carbons (Fsp3) is 0.944. The third-order valence-electron chi connectivity index (χ3n) is 7.07. The van der Waals surface area contributed by atoms with E-state index in [0.717, 1.165) is 50.1 Å². The maximum Gasteiger partial charge on any atom is 0.240 e. The van der Waals surface area contributed by atoms with Gasteiger partial charge in [0.2, 0.25) is 5.91 Å². The van der Waals surface area contributed by atoms with Crippen molar-refractivity contribution in [2.75, 3.05) is 13.1 Å². The number of hydrogen-bond donors (Lipinski definition) is 2. The summed E-state index contributed by atoms with van der Waals surface area (Å²) in [5.74, 6) is 3.19. The summed E-state index contributed by atoms with van der Waals surface area (Å²) in [6.07, 6.45) is 11.6. The zero-order chi connectivity index (χ0) is 14.5. The van der Waals surface area contributed by atoms with Gasteiger partial charge < -0.3 is 10.6 Å². The number of rotatable bonds is 4. The van der Waals surface area contributed by atoms with Gasteiger partial charge in [-0.25, -0.2) is 0 Å². The van der Waals surface area contributed by atoms with E-state index in [2.05, 4.69) is 17.6 Å². The van der Waals surface area contributed by atoms with Crippen molar-refractivity contribution in [1.82, 2.24) is 10.6 Å². The van der Waals surface area contributed by atoms with Crippen LogP contribution in [0.1, 0.15) is 64.7 Å². The lowest BCUT2D eigenvalue weighted by molar-refractivity contribution is -0.129. The number of hydrogen-bond acceptors (Lipinski definition) is 2. The molecule has 4 aliphatic carbocycles. The SMILES string of the molecule is CCC1(C(=O)NCC23CC4CC(CC(C4)C2)C3)CCCN1. The molecule has 0 aromatic heterocycles. The Morgan fingerprint density at radius 3 is 2.24 bits per heavy atom. The molecule has 1 atom stereocenters. The topological polar surface area (TPSA) is 41.1 Å². The van der Waals surface area contributed by atoms with Crippen LogP contribution in [-0.4, -0.2) is 24.5 Å². The van der Waals surface area contributed by atoms with Crippen LogP contribution < -0.4 is 10.6 Å². The van der Waals surface area contributed by atoms with Crippen molar-refractivity contribution in [3.8, 4) is 0 Å². The van der Waals surface area contributed by atoms with Crippen LogP contribution in [0, 0.1) is 23.2 Å². The fourth-order valence-corrected chi connectivity index (χ4v) is 6.41. The van der Waals surface area contributed by atoms with Crippen molar-refractivity contribution in [3.05, 3.63) is 0 Å². The zero-order valence-corrected chi connectivity index (χ0v) is 13.4. The fourth-order valence-electron chi connectivity index (χ4n) is 6.41. The molecule has 1 unspecified atom stereocenters. The second-order valence-electron chi connectivity index (χ2n) is 8.57. The molecule has 3 nitrogen and oxygen atoms in total. The highest BCUT2D eigenvalue weighted by atomic mass is 16.2. The molecule has 1 heterocycles. The minimum Gasteiger partial charge on any atom is -0.354 e. The normalized spacial score (nSPS) is 47.8. The molecule has 5 aliphatic rings. The van der Waals surface area contributed by atoms with E-state index in [1.165, 1.54) is 38.5 Å². The van der Waals surface area contributed by atoms with Gasteiger partial charge in [0.25, 0.3) is 0 Å². The van der Waals surface area contributed by atoms with Gasteiger partial charge in [0.05, 0.1) is 5.54 Å². The van der Waals surface area contributed by atoms with Crippen LogP contribution >= 0.6 is 0 Å². The van der Waals surface area contributed by atoms with Gasteiger partial charge in [-0.2, -0.15) is 0 Å². The van der Waals surface area contributed by atoms with E-state index in [1.807, 2.05) is 0 Å². The van der Waals surface area contributed by atoms with Gasteiger partial charge in [0.1, 0.15) is 0 Å². The molecule has 1 saturated heterocycles. The summed E-state index contributed by atoms with van der Waals surface area (Å²) < 4.78 is 0. The molecular weight excluding hydrogens is 260 g/mol. The number of nitrogens with one attached hydrogen (secondary N) is 2. The quantitative estimate of drug-likeness (QED) is 0.836. The first-order chi connectivity index (χ1) is 10.1. The van der Waals surface area contributed by atoms with Gasteiger partial charge in [0.15, 0.2) is 0 Å². The minimum absolute atomic E-state index is 0.262. The monoisotopic (exact) mass is 290 g/mol. The van der Waals surface area contributed by atoms with Crippen molar-refractivity contribution in [2.45, 2.75) is 70.3 Å². The molecule has 2 N–H and O–H groups in total. The Morgan fingerprint density at radius 2 is 1.76 bits per heavy atom. The van der Waals surface area contributed by atoms with Crippen LogP contribution in [0.25, 0.3) is 0 Å². The average molecular weight is 290 g/mol. The highest BCUT2D eigenvalue weighted by molar-refractivity contribution is 5.86. The predicted octanol–water partition coefficient (Wildman–Crippen LogP) is 2.85. The summed E-state index contributed by atoms with van der Waals surface area (Å²) in [7, 11) is 0. The number of carbonyl (C=O) groups excluding carboxylic acids is 1. The molecule has 118 valence electrons. The Hall–Kier alpha value is -0.570. The molecule has 5 rings (SSSR count). The van der Waals surface area contributed by atoms with E-state index in [-0.39, 0.29) is 11.4 Å². The van der Waals surface area contributed by atoms with Crippen LogP contribution in [-0.2, 0) is 4.79 Å². The van der Waals surface area contributed by atoms with E-state index < -0.39 is 0 Å². The molecule has 0 aromatic carbocycles. The molecule has 0 radical (unpaired) electrons. The van der Waals surface area contributed by atoms with Crippen LogP contribution in [0.15, 0.2) is 0 Å². The number of carbonyl (C=O) groups is 1. The summed E-state index contributed by atoms with van der Waals surface area (Å²) in [4.78, 5) is 12.7. The second kappa shape index (κ2) is 4.97. The summed E-state index contributed by atoms with van der Waals surface area (Å²) in [6, 6.07) is 0. The van der Waals surface area contributed by atoms with Crippen LogP contribution in [0.5, 0.6) is 0 Å². The van der Waals surface area contributed by atoms with Gasteiger partial charge in [-0.1, -0.05) is 6.92 Å². The second-order valence-corrected chi connectivity index (χ2v) is 8.57. The highest BCUT2D eigenvalue weighted by Crippen LogP contribution is 2.59. The highest BCUT2D eigenvalue weighted by Gasteiger charge is 2.51. The number of amides is 1. The molecule has 1 aliphatic heterocycles. The Kier molecular flexibility index (Phi) is 3.33. The molecule has 21 heavy (non-hydrogen) atoms. The molecule has 3 heteroatoms. The van der Waals surface area contributed by atoms with Crippen molar-refractivity contribution in [2.24, 2.45) is 23.2 Å². The van der Waals surface area contributed by atoms with E-state index in [1.54, 1.807) is 0 Å². The lowest BCUT2D eigenvalue weighted by Crippen LogP contribution is -2.57. The predicted molar refractivity (Wildman–Crippen MR) is 83.9 cm³/mol. The average Bonchev–Trinajstić information content (AvgIpc) is 2.93. The van der Waals surface area contributed by atoms with Gasteiger partial charge in [-0.3, -0.25) is 4.79 Å². The summed E-state index contributed by atoms with van der Waals surface area (Å²) in [5, 5.41) is 6.84. The minimum atomic E-state index is -0.262. The van der Waals surface area contributed by atoms with Crippen molar-refractivity contribution in [3.63, 3.8) is 0 Å². The molecule has 4 bridgehead atoms. The maximum atomic E-state index is 12.7. The Morgan fingerprint density at radius 1 is 1.14 bits per heavy atom. The molecular formula is C18H30N2O. The van der Waals surface area contributed by atoms with Gasteiger partial charge in [-0.15, -0.1) is 0 Å². The third-order valence-corrected chi connectivity index (χ3v) is 7.07. The molecule has 0 aromatic rings. The smallest absolute Gasteiger partial charge is 0.240 e. The van der Waals surface area contributed by atoms with E-state index in [9.17, 15) is 4.79 Å². The summed E-state index contributed by atoms with van der Waals surface area (Å²) in [6.45, 7) is 4.08. The molecule has 5 fully saturated rings. The maximum absolute atomic E-state index is 12.7. The van der Waals surface area contributed by atoms with Crippen LogP contribution in [0.4, 0.5) is 0 Å². The Bertz CT molecular complexity index is 390. The molecule has 1 amide bonds. The largest absolute Gasteiger partial charge is 0.354 e. The summed E-state index contributed by atoms with van der Waals surface area (Å²) in [5.41, 5.74) is 0.195. The third kappa shape index (κ3) is 2.32. The van der Waals surface area contributed by atoms with Crippen LogP contribution in [0.3, 0.4) is 0 Å². The van der Waals surface area contributed by atoms with E-state index >= 15 is 0 Å². The van der Waals surface area contributed by atoms with E-state index in [4.69, 9.17) is 0 Å². The first-order valence-corrected chi connectivity index (χ1v) is 9.16.